The van der Waals surface area contributed by atoms with Crippen molar-refractivity contribution in [3.8, 4) is 17.2 Å². The van der Waals surface area contributed by atoms with E-state index >= 15 is 0 Å². The summed E-state index contributed by atoms with van der Waals surface area (Å²) in [6, 6.07) is 9.07. The highest BCUT2D eigenvalue weighted by Crippen LogP contribution is 2.54. The van der Waals surface area contributed by atoms with Crippen molar-refractivity contribution in [1.29, 1.82) is 0 Å². The van der Waals surface area contributed by atoms with E-state index in [9.17, 15) is 8.42 Å². The largest absolute Gasteiger partial charge is 0.496 e. The van der Waals surface area contributed by atoms with Crippen LogP contribution in [0.1, 0.15) is 36.8 Å². The Kier molecular flexibility index (Phi) is 5.32. The van der Waals surface area contributed by atoms with E-state index in [0.717, 1.165) is 36.8 Å². The second kappa shape index (κ2) is 8.44. The van der Waals surface area contributed by atoms with E-state index in [1.807, 2.05) is 24.4 Å². The van der Waals surface area contributed by atoms with Crippen LogP contribution >= 0.6 is 0 Å². The molecule has 2 aromatic carbocycles. The molecule has 0 radical (unpaired) electrons. The molecule has 3 heterocycles. The van der Waals surface area contributed by atoms with E-state index in [4.69, 9.17) is 18.7 Å². The number of aromatic nitrogens is 3. The quantitative estimate of drug-likeness (QED) is 0.395. The lowest BCUT2D eigenvalue weighted by Gasteiger charge is -2.46. The summed E-state index contributed by atoms with van der Waals surface area (Å²) in [5, 5.41) is 8.67. The van der Waals surface area contributed by atoms with Crippen LogP contribution in [-0.4, -0.2) is 44.2 Å². The van der Waals surface area contributed by atoms with Crippen molar-refractivity contribution >= 4 is 26.8 Å². The summed E-state index contributed by atoms with van der Waals surface area (Å²) in [6.07, 6.45) is 7.60. The Morgan fingerprint density at radius 3 is 2.67 bits per heavy atom. The molecule has 1 spiro atoms. The second-order valence-electron chi connectivity index (χ2n) is 9.22. The Balaban J connectivity index is 1.41. The molecule has 0 atom stereocenters. The number of rotatable bonds is 7. The van der Waals surface area contributed by atoms with Crippen molar-refractivity contribution in [2.45, 2.75) is 42.5 Å². The molecular weight excluding hydrogens is 484 g/mol. The zero-order valence-corrected chi connectivity index (χ0v) is 20.8. The zero-order chi connectivity index (χ0) is 24.9. The fourth-order valence-corrected chi connectivity index (χ4v) is 6.62. The molecule has 2 aromatic heterocycles. The molecule has 0 amide bonds. The summed E-state index contributed by atoms with van der Waals surface area (Å²) >= 11 is 0. The number of hydrogen-bond acceptors (Lipinski definition) is 8. The Bertz CT molecular complexity index is 1540. The molecule has 0 saturated heterocycles. The van der Waals surface area contributed by atoms with Gasteiger partial charge in [0.2, 0.25) is 0 Å². The van der Waals surface area contributed by atoms with Crippen LogP contribution in [0.25, 0.3) is 11.0 Å². The highest BCUT2D eigenvalue weighted by atomic mass is 32.2. The van der Waals surface area contributed by atoms with Crippen LogP contribution in [0.5, 0.6) is 17.2 Å². The maximum absolute atomic E-state index is 13.8. The smallest absolute Gasteiger partial charge is 0.270 e. The number of benzene rings is 2. The monoisotopic (exact) mass is 510 g/mol. The first-order valence-corrected chi connectivity index (χ1v) is 13.2. The van der Waals surface area contributed by atoms with Crippen LogP contribution in [-0.2, 0) is 22.0 Å². The minimum absolute atomic E-state index is 0.0288. The zero-order valence-electron chi connectivity index (χ0n) is 20.0. The fraction of sp³-hybridized carbons (Fsp3) is 0.360. The molecule has 0 bridgehead atoms. The van der Waals surface area contributed by atoms with Gasteiger partial charge in [-0.1, -0.05) is 17.6 Å². The van der Waals surface area contributed by atoms with Gasteiger partial charge in [-0.15, -0.1) is 0 Å². The summed E-state index contributed by atoms with van der Waals surface area (Å²) in [5.41, 5.74) is 2.15. The first kappa shape index (κ1) is 22.7. The summed E-state index contributed by atoms with van der Waals surface area (Å²) in [7, 11) is -1.20. The predicted octanol–water partition coefficient (Wildman–Crippen LogP) is 4.09. The molecule has 1 aliphatic heterocycles. The second-order valence-corrected chi connectivity index (χ2v) is 10.8. The number of hydrogen-bond donors (Lipinski definition) is 1. The summed E-state index contributed by atoms with van der Waals surface area (Å²) < 4.78 is 54.4. The Labute approximate surface area is 208 Å². The average molecular weight is 511 g/mol. The summed E-state index contributed by atoms with van der Waals surface area (Å²) in [6.45, 7) is 0.954. The minimum atomic E-state index is -4.16. The molecule has 6 rings (SSSR count). The molecule has 36 heavy (non-hydrogen) atoms. The standard InChI is InChI=1S/C25H26N4O6S/c1-32-18-6-5-17-22(34-12-9-25(17)7-3-8-25)23(18)36(30,31)28-24-21-19(33-2)13-16(14-20(21)35-27-24)15-29-11-4-10-26-29/h4-6,10-11,13-14H,3,7-9,12,15H2,1-2H3,(H,27,28). The number of methoxy groups -OCH3 is 2. The summed E-state index contributed by atoms with van der Waals surface area (Å²) in [5.74, 6) is 1.02. The van der Waals surface area contributed by atoms with E-state index in [2.05, 4.69) is 15.0 Å². The molecule has 0 unspecified atom stereocenters. The van der Waals surface area contributed by atoms with Crippen molar-refractivity contribution in [3.05, 3.63) is 53.9 Å². The molecule has 1 aliphatic carbocycles. The number of ether oxygens (including phenoxy) is 3. The molecule has 2 aliphatic rings. The lowest BCUT2D eigenvalue weighted by Crippen LogP contribution is -2.39. The molecule has 10 nitrogen and oxygen atoms in total. The van der Waals surface area contributed by atoms with E-state index in [1.165, 1.54) is 14.2 Å². The normalized spacial score (nSPS) is 16.3. The molecule has 4 aromatic rings. The lowest BCUT2D eigenvalue weighted by atomic mass is 9.62. The van der Waals surface area contributed by atoms with Crippen molar-refractivity contribution in [2.24, 2.45) is 0 Å². The van der Waals surface area contributed by atoms with Crippen molar-refractivity contribution in [3.63, 3.8) is 0 Å². The third kappa shape index (κ3) is 3.57. The molecular formula is C25H26N4O6S. The van der Waals surface area contributed by atoms with Crippen LogP contribution in [0.4, 0.5) is 5.82 Å². The van der Waals surface area contributed by atoms with Gasteiger partial charge in [0.1, 0.15) is 22.6 Å². The maximum atomic E-state index is 13.8. The van der Waals surface area contributed by atoms with Crippen LogP contribution in [0.3, 0.4) is 0 Å². The van der Waals surface area contributed by atoms with E-state index in [0.29, 0.717) is 35.6 Å². The maximum Gasteiger partial charge on any atom is 0.270 e. The number of anilines is 1. The van der Waals surface area contributed by atoms with Gasteiger partial charge in [-0.05, 0) is 49.1 Å². The van der Waals surface area contributed by atoms with Crippen LogP contribution < -0.4 is 18.9 Å². The first-order valence-electron chi connectivity index (χ1n) is 11.7. The Hall–Kier alpha value is -3.73. The number of sulfonamides is 1. The summed E-state index contributed by atoms with van der Waals surface area (Å²) in [4.78, 5) is -0.0288. The van der Waals surface area contributed by atoms with Gasteiger partial charge in [0.15, 0.2) is 16.3 Å². The minimum Gasteiger partial charge on any atom is -0.496 e. The van der Waals surface area contributed by atoms with E-state index in [-0.39, 0.29) is 21.9 Å². The average Bonchev–Trinajstić information content (AvgIpc) is 3.51. The number of nitrogens with one attached hydrogen (secondary N) is 1. The molecule has 11 heteroatoms. The third-order valence-corrected chi connectivity index (χ3v) is 8.61. The van der Waals surface area contributed by atoms with Gasteiger partial charge in [0.05, 0.1) is 27.4 Å². The molecule has 1 saturated carbocycles. The van der Waals surface area contributed by atoms with Crippen LogP contribution in [0.15, 0.2) is 52.1 Å². The van der Waals surface area contributed by atoms with Gasteiger partial charge in [0.25, 0.3) is 10.0 Å². The number of nitrogens with zero attached hydrogens (tertiary/aromatic N) is 3. The van der Waals surface area contributed by atoms with Crippen LogP contribution in [0.2, 0.25) is 0 Å². The number of fused-ring (bicyclic) bond motifs is 3. The van der Waals surface area contributed by atoms with Crippen LogP contribution in [0, 0.1) is 0 Å². The van der Waals surface area contributed by atoms with Crippen molar-refractivity contribution in [2.75, 3.05) is 25.5 Å². The van der Waals surface area contributed by atoms with Gasteiger partial charge < -0.3 is 18.7 Å². The molecule has 1 N–H and O–H groups in total. The highest BCUT2D eigenvalue weighted by Gasteiger charge is 2.45. The fourth-order valence-electron chi connectivity index (χ4n) is 5.30. The van der Waals surface area contributed by atoms with Gasteiger partial charge in [-0.25, -0.2) is 8.42 Å². The van der Waals surface area contributed by atoms with E-state index in [1.54, 1.807) is 23.0 Å². The van der Waals surface area contributed by atoms with Gasteiger partial charge in [-0.3, -0.25) is 9.40 Å². The van der Waals surface area contributed by atoms with Gasteiger partial charge >= 0.3 is 0 Å². The van der Waals surface area contributed by atoms with Gasteiger partial charge in [-0.2, -0.15) is 5.10 Å². The van der Waals surface area contributed by atoms with Gasteiger partial charge in [0, 0.05) is 23.4 Å². The topological polar surface area (TPSA) is 118 Å². The predicted molar refractivity (Wildman–Crippen MR) is 131 cm³/mol. The third-order valence-electron chi connectivity index (χ3n) is 7.23. The Morgan fingerprint density at radius 1 is 1.14 bits per heavy atom. The highest BCUT2D eigenvalue weighted by molar-refractivity contribution is 7.93. The van der Waals surface area contributed by atoms with E-state index < -0.39 is 10.0 Å². The Morgan fingerprint density at radius 2 is 1.97 bits per heavy atom. The molecule has 1 fully saturated rings. The SMILES string of the molecule is COc1ccc2c(c1S(=O)(=O)Nc1noc3cc(Cn4cccn4)cc(OC)c13)OCCC21CCC1. The first-order chi connectivity index (χ1) is 17.4. The van der Waals surface area contributed by atoms with Crippen molar-refractivity contribution < 1.29 is 27.2 Å². The lowest BCUT2D eigenvalue weighted by molar-refractivity contribution is 0.139. The molecule has 188 valence electrons. The van der Waals surface area contributed by atoms with Crippen molar-refractivity contribution in [1.82, 2.24) is 14.9 Å².